The lowest BCUT2D eigenvalue weighted by molar-refractivity contribution is 0.414. The Balaban J connectivity index is 1.78. The zero-order valence-corrected chi connectivity index (χ0v) is 16.7. The Morgan fingerprint density at radius 3 is 2.38 bits per heavy atom. The van der Waals surface area contributed by atoms with Gasteiger partial charge in [0, 0.05) is 6.42 Å². The average molecular weight is 407 g/mol. The predicted octanol–water partition coefficient (Wildman–Crippen LogP) is 3.70. The normalized spacial score (nSPS) is 16.6. The van der Waals surface area contributed by atoms with Crippen molar-refractivity contribution in [2.75, 3.05) is 12.1 Å². The Bertz CT molecular complexity index is 1140. The molecule has 0 bridgehead atoms. The first-order valence-electron chi connectivity index (χ1n) is 9.14. The van der Waals surface area contributed by atoms with Crippen molar-refractivity contribution in [2.45, 2.75) is 17.4 Å². The van der Waals surface area contributed by atoms with Crippen LogP contribution in [-0.2, 0) is 10.0 Å². The van der Waals surface area contributed by atoms with Crippen LogP contribution in [0.15, 0.2) is 88.9 Å². The average Bonchev–Trinajstić information content (AvgIpc) is 3.19. The van der Waals surface area contributed by atoms with Crippen molar-refractivity contribution in [3.05, 3.63) is 90.0 Å². The van der Waals surface area contributed by atoms with Gasteiger partial charge in [-0.3, -0.25) is 5.01 Å². The molecule has 1 unspecified atom stereocenters. The number of hydrazone groups is 1. The third kappa shape index (κ3) is 4.01. The molecule has 0 saturated carbocycles. The van der Waals surface area contributed by atoms with E-state index in [-0.39, 0.29) is 10.9 Å². The SMILES string of the molecule is COc1ccc(C2CC(c3ccccc3)=NN2c2cccc(S(N)(=O)=O)c2)cc1. The topological polar surface area (TPSA) is 85.0 Å². The fourth-order valence-electron chi connectivity index (χ4n) is 3.44. The van der Waals surface area contributed by atoms with Crippen LogP contribution in [0.25, 0.3) is 0 Å². The van der Waals surface area contributed by atoms with E-state index in [1.54, 1.807) is 19.2 Å². The molecule has 1 aliphatic heterocycles. The molecule has 6 nitrogen and oxygen atoms in total. The van der Waals surface area contributed by atoms with Gasteiger partial charge in [-0.05, 0) is 41.5 Å². The lowest BCUT2D eigenvalue weighted by atomic mass is 9.98. The summed E-state index contributed by atoms with van der Waals surface area (Å²) in [5.41, 5.74) is 3.70. The molecule has 2 N–H and O–H groups in total. The lowest BCUT2D eigenvalue weighted by Gasteiger charge is -2.24. The molecule has 4 rings (SSSR count). The van der Waals surface area contributed by atoms with Gasteiger partial charge in [-0.2, -0.15) is 5.10 Å². The van der Waals surface area contributed by atoms with Gasteiger partial charge < -0.3 is 4.74 Å². The van der Waals surface area contributed by atoms with Crippen molar-refractivity contribution >= 4 is 21.4 Å². The van der Waals surface area contributed by atoms with Crippen LogP contribution in [0.1, 0.15) is 23.6 Å². The summed E-state index contributed by atoms with van der Waals surface area (Å²) >= 11 is 0. The van der Waals surface area contributed by atoms with Crippen molar-refractivity contribution in [3.63, 3.8) is 0 Å². The van der Waals surface area contributed by atoms with Gasteiger partial charge in [-0.1, -0.05) is 48.5 Å². The summed E-state index contributed by atoms with van der Waals surface area (Å²) in [5.74, 6) is 0.777. The van der Waals surface area contributed by atoms with E-state index >= 15 is 0 Å². The van der Waals surface area contributed by atoms with Crippen LogP contribution >= 0.6 is 0 Å². The third-order valence-corrected chi connectivity index (χ3v) is 5.84. The van der Waals surface area contributed by atoms with Crippen LogP contribution < -0.4 is 14.9 Å². The number of anilines is 1. The lowest BCUT2D eigenvalue weighted by Crippen LogP contribution is -2.19. The highest BCUT2D eigenvalue weighted by molar-refractivity contribution is 7.89. The smallest absolute Gasteiger partial charge is 0.238 e. The highest BCUT2D eigenvalue weighted by Crippen LogP contribution is 2.37. The van der Waals surface area contributed by atoms with Crippen LogP contribution in [0.3, 0.4) is 0 Å². The Hall–Kier alpha value is -3.16. The molecular formula is C22H21N3O3S. The van der Waals surface area contributed by atoms with Gasteiger partial charge in [0.1, 0.15) is 5.75 Å². The summed E-state index contributed by atoms with van der Waals surface area (Å²) in [6, 6.07) is 24.3. The monoisotopic (exact) mass is 407 g/mol. The van der Waals surface area contributed by atoms with Crippen molar-refractivity contribution < 1.29 is 13.2 Å². The molecule has 29 heavy (non-hydrogen) atoms. The zero-order valence-electron chi connectivity index (χ0n) is 15.9. The maximum atomic E-state index is 11.8. The van der Waals surface area contributed by atoms with E-state index < -0.39 is 10.0 Å². The maximum absolute atomic E-state index is 11.8. The van der Waals surface area contributed by atoms with E-state index in [9.17, 15) is 8.42 Å². The molecule has 0 amide bonds. The minimum atomic E-state index is -3.80. The number of rotatable bonds is 5. The molecule has 0 aliphatic carbocycles. The molecule has 0 aromatic heterocycles. The fraction of sp³-hybridized carbons (Fsp3) is 0.136. The van der Waals surface area contributed by atoms with Gasteiger partial charge in [0.2, 0.25) is 10.0 Å². The molecule has 0 fully saturated rings. The number of benzene rings is 3. The highest BCUT2D eigenvalue weighted by atomic mass is 32.2. The number of methoxy groups -OCH3 is 1. The summed E-state index contributed by atoms with van der Waals surface area (Å²) in [5, 5.41) is 12.0. The quantitative estimate of drug-likeness (QED) is 0.699. The molecule has 0 radical (unpaired) electrons. The minimum Gasteiger partial charge on any atom is -0.497 e. The number of sulfonamides is 1. The van der Waals surface area contributed by atoms with E-state index in [0.29, 0.717) is 12.1 Å². The molecule has 0 spiro atoms. The number of hydrogen-bond donors (Lipinski definition) is 1. The maximum Gasteiger partial charge on any atom is 0.238 e. The molecule has 1 atom stereocenters. The van der Waals surface area contributed by atoms with E-state index in [2.05, 4.69) is 0 Å². The van der Waals surface area contributed by atoms with Crippen LogP contribution in [0.4, 0.5) is 5.69 Å². The molecule has 148 valence electrons. The third-order valence-electron chi connectivity index (χ3n) is 4.93. The number of nitrogens with zero attached hydrogens (tertiary/aromatic N) is 2. The van der Waals surface area contributed by atoms with E-state index in [4.69, 9.17) is 15.0 Å². The summed E-state index contributed by atoms with van der Waals surface area (Å²) in [7, 11) is -2.17. The van der Waals surface area contributed by atoms with Crippen LogP contribution in [0.2, 0.25) is 0 Å². The molecule has 7 heteroatoms. The fourth-order valence-corrected chi connectivity index (χ4v) is 4.00. The number of ether oxygens (including phenoxy) is 1. The molecule has 3 aromatic rings. The number of primary sulfonamides is 1. The standard InChI is InChI=1S/C22H21N3O3S/c1-28-19-12-10-17(11-13-19)22-15-21(16-6-3-2-4-7-16)24-25(22)18-8-5-9-20(14-18)29(23,26)27/h2-14,22H,15H2,1H3,(H2,23,26,27). The summed E-state index contributed by atoms with van der Waals surface area (Å²) in [4.78, 5) is 0.0619. The molecule has 0 saturated heterocycles. The van der Waals surface area contributed by atoms with Crippen molar-refractivity contribution in [3.8, 4) is 5.75 Å². The van der Waals surface area contributed by atoms with Crippen molar-refractivity contribution in [2.24, 2.45) is 10.2 Å². The summed E-state index contributed by atoms with van der Waals surface area (Å²) < 4.78 is 28.9. The van der Waals surface area contributed by atoms with Gasteiger partial charge in [0.05, 0.1) is 29.4 Å². The summed E-state index contributed by atoms with van der Waals surface area (Å²) in [6.45, 7) is 0. The second-order valence-electron chi connectivity index (χ2n) is 6.79. The Morgan fingerprint density at radius 1 is 1.00 bits per heavy atom. The van der Waals surface area contributed by atoms with Crippen molar-refractivity contribution in [1.29, 1.82) is 0 Å². The second kappa shape index (κ2) is 7.69. The first-order valence-corrected chi connectivity index (χ1v) is 10.7. The molecular weight excluding hydrogens is 386 g/mol. The highest BCUT2D eigenvalue weighted by Gasteiger charge is 2.30. The van der Waals surface area contributed by atoms with Gasteiger partial charge in [0.15, 0.2) is 0 Å². The van der Waals surface area contributed by atoms with Gasteiger partial charge >= 0.3 is 0 Å². The first kappa shape index (κ1) is 19.2. The van der Waals surface area contributed by atoms with E-state index in [1.165, 1.54) is 6.07 Å². The van der Waals surface area contributed by atoms with Crippen LogP contribution in [0.5, 0.6) is 5.75 Å². The molecule has 3 aromatic carbocycles. The number of nitrogens with two attached hydrogens (primary N) is 1. The zero-order chi connectivity index (χ0) is 20.4. The Labute approximate surface area is 170 Å². The van der Waals surface area contributed by atoms with Gasteiger partial charge in [-0.25, -0.2) is 13.6 Å². The van der Waals surface area contributed by atoms with Crippen LogP contribution in [0, 0.1) is 0 Å². The van der Waals surface area contributed by atoms with Crippen molar-refractivity contribution in [1.82, 2.24) is 0 Å². The van der Waals surface area contributed by atoms with E-state index in [0.717, 1.165) is 22.6 Å². The molecule has 1 heterocycles. The van der Waals surface area contributed by atoms with Gasteiger partial charge in [-0.15, -0.1) is 0 Å². The minimum absolute atomic E-state index is 0.0619. The largest absolute Gasteiger partial charge is 0.497 e. The molecule has 1 aliphatic rings. The first-order chi connectivity index (χ1) is 14.0. The van der Waals surface area contributed by atoms with E-state index in [1.807, 2.05) is 65.7 Å². The Kier molecular flexibility index (Phi) is 5.08. The summed E-state index contributed by atoms with van der Waals surface area (Å²) in [6.07, 6.45) is 0.690. The van der Waals surface area contributed by atoms with Gasteiger partial charge in [0.25, 0.3) is 0 Å². The number of hydrogen-bond acceptors (Lipinski definition) is 5. The Morgan fingerprint density at radius 2 is 1.72 bits per heavy atom. The second-order valence-corrected chi connectivity index (χ2v) is 8.35. The van der Waals surface area contributed by atoms with Crippen LogP contribution in [-0.4, -0.2) is 21.2 Å². The predicted molar refractivity (Wildman–Crippen MR) is 114 cm³/mol.